The van der Waals surface area contributed by atoms with Crippen molar-refractivity contribution in [2.45, 2.75) is 97.8 Å². The number of methoxy groups -OCH3 is 1. The van der Waals surface area contributed by atoms with E-state index in [0.29, 0.717) is 35.9 Å². The van der Waals surface area contributed by atoms with Gasteiger partial charge in [0.1, 0.15) is 0 Å². The number of fused-ring (bicyclic) bond motifs is 1. The number of ether oxygens (including phenoxy) is 1. The lowest BCUT2D eigenvalue weighted by Gasteiger charge is -2.42. The highest BCUT2D eigenvalue weighted by atomic mass is 16.5. The second-order valence-electron chi connectivity index (χ2n) is 12.1. The number of ketones is 1. The Bertz CT molecular complexity index is 1400. The molecule has 5 rings (SSSR count). The van der Waals surface area contributed by atoms with Crippen LogP contribution in [0.2, 0.25) is 0 Å². The smallest absolute Gasteiger partial charge is 0.252 e. The van der Waals surface area contributed by atoms with Crippen molar-refractivity contribution in [3.8, 4) is 0 Å². The van der Waals surface area contributed by atoms with E-state index in [1.807, 2.05) is 19.9 Å². The lowest BCUT2D eigenvalue weighted by molar-refractivity contribution is -0.120. The molecule has 2 aliphatic carbocycles. The van der Waals surface area contributed by atoms with Crippen LogP contribution < -0.4 is 0 Å². The van der Waals surface area contributed by atoms with E-state index < -0.39 is 0 Å². The molecule has 0 radical (unpaired) electrons. The molecule has 0 aliphatic heterocycles. The molecule has 0 saturated heterocycles. The van der Waals surface area contributed by atoms with Gasteiger partial charge in [-0.3, -0.25) is 4.79 Å². The summed E-state index contributed by atoms with van der Waals surface area (Å²) in [5.41, 5.74) is 6.27. The number of aliphatic hydroxyl groups excluding tert-OH is 1. The molecule has 0 spiro atoms. The van der Waals surface area contributed by atoms with Gasteiger partial charge in [0, 0.05) is 49.9 Å². The maximum atomic E-state index is 13.7. The van der Waals surface area contributed by atoms with Crippen LogP contribution in [0, 0.1) is 25.2 Å². The highest BCUT2D eigenvalue weighted by Crippen LogP contribution is 2.52. The summed E-state index contributed by atoms with van der Waals surface area (Å²) >= 11 is 0. The standard InChI is InChI=1S/C33H44N4O3/c1-5-25-18-24(12-13-26(25)9-8-16-40-4)14-15-33(27-10-6-7-11-27)20-29(38)28(30(39)21-33)19-31-35-32-34-22(2)17-23(3)37(32)36-31/h12-13,17-18,27,38H,5-11,14-16,19-21H2,1-4H3. The van der Waals surface area contributed by atoms with E-state index in [0.717, 1.165) is 62.9 Å². The predicted molar refractivity (Wildman–Crippen MR) is 157 cm³/mol. The molecule has 1 aromatic carbocycles. The molecule has 3 aromatic rings. The summed E-state index contributed by atoms with van der Waals surface area (Å²) in [4.78, 5) is 22.7. The van der Waals surface area contributed by atoms with E-state index in [1.165, 1.54) is 29.5 Å². The largest absolute Gasteiger partial charge is 0.512 e. The number of aryl methyl sites for hydroxylation is 5. The van der Waals surface area contributed by atoms with Gasteiger partial charge in [-0.2, -0.15) is 4.98 Å². The Morgan fingerprint density at radius 2 is 1.88 bits per heavy atom. The van der Waals surface area contributed by atoms with Crippen molar-refractivity contribution in [2.75, 3.05) is 13.7 Å². The van der Waals surface area contributed by atoms with Crippen LogP contribution in [0.1, 0.15) is 92.2 Å². The molecular weight excluding hydrogens is 500 g/mol. The van der Waals surface area contributed by atoms with Crippen molar-refractivity contribution in [3.63, 3.8) is 0 Å². The monoisotopic (exact) mass is 544 g/mol. The van der Waals surface area contributed by atoms with Crippen LogP contribution in [0.4, 0.5) is 0 Å². The second kappa shape index (κ2) is 12.2. The van der Waals surface area contributed by atoms with Crippen molar-refractivity contribution in [1.82, 2.24) is 19.6 Å². The Kier molecular flexibility index (Phi) is 8.69. The maximum Gasteiger partial charge on any atom is 0.252 e. The third-order valence-electron chi connectivity index (χ3n) is 9.29. The van der Waals surface area contributed by atoms with Gasteiger partial charge in [0.2, 0.25) is 0 Å². The molecule has 2 aromatic heterocycles. The van der Waals surface area contributed by atoms with Crippen LogP contribution >= 0.6 is 0 Å². The second-order valence-corrected chi connectivity index (χ2v) is 12.1. The number of aliphatic hydroxyl groups is 1. The minimum Gasteiger partial charge on any atom is -0.512 e. The first-order valence-corrected chi connectivity index (χ1v) is 15.1. The van der Waals surface area contributed by atoms with Crippen molar-refractivity contribution in [2.24, 2.45) is 11.3 Å². The molecule has 0 bridgehead atoms. The number of hydrogen-bond donors (Lipinski definition) is 1. The molecule has 0 amide bonds. The number of aromatic nitrogens is 4. The SMILES string of the molecule is CCc1cc(CCC2(C3CCCC3)CC(=O)C(Cc3nc4nc(C)cc(C)n4n3)=C(O)C2)ccc1CCCOC. The first-order valence-electron chi connectivity index (χ1n) is 15.1. The number of carbonyl (C=O) groups excluding carboxylic acids is 1. The maximum absolute atomic E-state index is 13.7. The van der Waals surface area contributed by atoms with Gasteiger partial charge < -0.3 is 9.84 Å². The number of nitrogens with zero attached hydrogens (tertiary/aromatic N) is 4. The summed E-state index contributed by atoms with van der Waals surface area (Å²) in [5, 5.41) is 16.0. The van der Waals surface area contributed by atoms with E-state index in [-0.39, 0.29) is 23.4 Å². The summed E-state index contributed by atoms with van der Waals surface area (Å²) in [6, 6.07) is 8.88. The minimum absolute atomic E-state index is 0.0538. The normalized spacial score (nSPS) is 20.2. The molecule has 7 nitrogen and oxygen atoms in total. The van der Waals surface area contributed by atoms with E-state index in [9.17, 15) is 9.90 Å². The van der Waals surface area contributed by atoms with Crippen molar-refractivity contribution >= 4 is 11.6 Å². The van der Waals surface area contributed by atoms with Crippen molar-refractivity contribution in [1.29, 1.82) is 0 Å². The van der Waals surface area contributed by atoms with E-state index in [4.69, 9.17) is 4.74 Å². The van der Waals surface area contributed by atoms with E-state index in [1.54, 1.807) is 11.6 Å². The number of carbonyl (C=O) groups is 1. The first-order chi connectivity index (χ1) is 19.3. The molecular formula is C33H44N4O3. The average molecular weight is 545 g/mol. The fraction of sp³-hybridized carbons (Fsp3) is 0.576. The Morgan fingerprint density at radius 1 is 1.07 bits per heavy atom. The van der Waals surface area contributed by atoms with Gasteiger partial charge >= 0.3 is 0 Å². The van der Waals surface area contributed by atoms with Crippen LogP contribution in [-0.4, -0.2) is 44.2 Å². The zero-order valence-corrected chi connectivity index (χ0v) is 24.6. The fourth-order valence-electron chi connectivity index (χ4n) is 7.15. The van der Waals surface area contributed by atoms with Crippen LogP contribution in [0.15, 0.2) is 35.6 Å². The Balaban J connectivity index is 1.36. The zero-order valence-electron chi connectivity index (χ0n) is 24.6. The lowest BCUT2D eigenvalue weighted by atomic mass is 9.62. The van der Waals surface area contributed by atoms with Gasteiger partial charge in [0.15, 0.2) is 11.6 Å². The summed E-state index contributed by atoms with van der Waals surface area (Å²) in [6.07, 6.45) is 11.0. The third-order valence-corrected chi connectivity index (χ3v) is 9.29. The average Bonchev–Trinajstić information content (AvgIpc) is 3.61. The van der Waals surface area contributed by atoms with Crippen LogP contribution in [0.25, 0.3) is 5.78 Å². The van der Waals surface area contributed by atoms with Gasteiger partial charge in [-0.05, 0) is 92.9 Å². The molecule has 2 aliphatic rings. The van der Waals surface area contributed by atoms with E-state index in [2.05, 4.69) is 40.2 Å². The molecule has 7 heteroatoms. The molecule has 1 N–H and O–H groups in total. The van der Waals surface area contributed by atoms with Gasteiger partial charge in [-0.1, -0.05) is 38.0 Å². The number of rotatable bonds is 11. The van der Waals surface area contributed by atoms with Crippen LogP contribution in [0.3, 0.4) is 0 Å². The number of allylic oxidation sites excluding steroid dienone is 2. The Morgan fingerprint density at radius 3 is 2.60 bits per heavy atom. The van der Waals surface area contributed by atoms with Gasteiger partial charge in [-0.15, -0.1) is 5.10 Å². The number of Topliss-reactive ketones (excluding diaryl/α,β-unsaturated/α-hetero) is 1. The number of benzene rings is 1. The van der Waals surface area contributed by atoms with E-state index >= 15 is 0 Å². The third kappa shape index (κ3) is 5.99. The topological polar surface area (TPSA) is 89.6 Å². The molecule has 1 atom stereocenters. The molecule has 214 valence electrons. The quantitative estimate of drug-likeness (QED) is 0.281. The molecule has 1 saturated carbocycles. The molecule has 2 heterocycles. The highest BCUT2D eigenvalue weighted by Gasteiger charge is 2.46. The zero-order chi connectivity index (χ0) is 28.3. The van der Waals surface area contributed by atoms with Gasteiger partial charge in [-0.25, -0.2) is 9.50 Å². The highest BCUT2D eigenvalue weighted by molar-refractivity contribution is 5.97. The fourth-order valence-corrected chi connectivity index (χ4v) is 7.15. The summed E-state index contributed by atoms with van der Waals surface area (Å²) in [5.74, 6) is 1.83. The Labute approximate surface area is 238 Å². The Hall–Kier alpha value is -3.06. The van der Waals surface area contributed by atoms with Gasteiger partial charge in [0.05, 0.1) is 5.76 Å². The van der Waals surface area contributed by atoms with Crippen molar-refractivity contribution < 1.29 is 14.6 Å². The summed E-state index contributed by atoms with van der Waals surface area (Å²) in [7, 11) is 1.76. The molecule has 1 fully saturated rings. The lowest BCUT2D eigenvalue weighted by Crippen LogP contribution is -2.37. The number of hydrogen-bond acceptors (Lipinski definition) is 6. The minimum atomic E-state index is -0.188. The molecule has 1 unspecified atom stereocenters. The van der Waals surface area contributed by atoms with Crippen LogP contribution in [-0.2, 0) is 35.2 Å². The van der Waals surface area contributed by atoms with Gasteiger partial charge in [0.25, 0.3) is 5.78 Å². The predicted octanol–water partition coefficient (Wildman–Crippen LogP) is 6.41. The van der Waals surface area contributed by atoms with Crippen molar-refractivity contribution in [3.05, 3.63) is 69.5 Å². The first kappa shape index (κ1) is 28.5. The summed E-state index contributed by atoms with van der Waals surface area (Å²) < 4.78 is 6.96. The van der Waals surface area contributed by atoms with Crippen LogP contribution in [0.5, 0.6) is 0 Å². The molecule has 40 heavy (non-hydrogen) atoms. The summed E-state index contributed by atoms with van der Waals surface area (Å²) in [6.45, 7) is 6.91.